The molecule has 3 aromatic rings. The average Bonchev–Trinajstić information content (AvgIpc) is 3.09. The Morgan fingerprint density at radius 2 is 2.08 bits per heavy atom. The van der Waals surface area contributed by atoms with Crippen LogP contribution >= 0.6 is 0 Å². The lowest BCUT2D eigenvalue weighted by Crippen LogP contribution is -2.25. The molecule has 1 aromatic heterocycles. The van der Waals surface area contributed by atoms with Gasteiger partial charge in [0.25, 0.3) is 0 Å². The number of halogens is 1. The summed E-state index contributed by atoms with van der Waals surface area (Å²) in [6.45, 7) is 1.97. The Bertz CT molecular complexity index is 835. The summed E-state index contributed by atoms with van der Waals surface area (Å²) >= 11 is 0. The van der Waals surface area contributed by atoms with E-state index < -0.39 is 17.6 Å². The highest BCUT2D eigenvalue weighted by atomic mass is 19.1. The quantitative estimate of drug-likeness (QED) is 0.778. The number of carbonyl (C=O) groups excluding carboxylic acids is 1. The minimum absolute atomic E-state index is 0.115. The first-order valence-electron chi connectivity index (χ1n) is 7.43. The van der Waals surface area contributed by atoms with E-state index in [0.717, 1.165) is 11.1 Å². The number of amides is 1. The lowest BCUT2D eigenvalue weighted by atomic mass is 9.96. The number of hydrogen-bond donors (Lipinski definition) is 1. The van der Waals surface area contributed by atoms with Crippen LogP contribution in [-0.2, 0) is 11.2 Å². The lowest BCUT2D eigenvalue weighted by Gasteiger charge is -2.17. The number of nitrogens with zero attached hydrogens (tertiary/aromatic N) is 4. The number of anilines is 1. The molecule has 3 rings (SSSR count). The molecule has 0 bridgehead atoms. The van der Waals surface area contributed by atoms with Crippen molar-refractivity contribution >= 4 is 11.6 Å². The number of benzene rings is 2. The van der Waals surface area contributed by atoms with E-state index in [0.29, 0.717) is 6.42 Å². The molecule has 0 saturated heterocycles. The van der Waals surface area contributed by atoms with Gasteiger partial charge in [-0.1, -0.05) is 42.0 Å². The first kappa shape index (κ1) is 15.8. The number of aryl methyl sites for hydroxylation is 1. The van der Waals surface area contributed by atoms with Gasteiger partial charge in [-0.15, -0.1) is 0 Å². The third-order valence-electron chi connectivity index (χ3n) is 3.62. The maximum absolute atomic E-state index is 13.8. The number of rotatable bonds is 5. The Balaban J connectivity index is 1.85. The van der Waals surface area contributed by atoms with Crippen LogP contribution in [0.25, 0.3) is 0 Å². The summed E-state index contributed by atoms with van der Waals surface area (Å²) in [6.07, 6.45) is 0.370. The van der Waals surface area contributed by atoms with Gasteiger partial charge >= 0.3 is 0 Å². The summed E-state index contributed by atoms with van der Waals surface area (Å²) in [7, 11) is 0. The van der Waals surface area contributed by atoms with Crippen molar-refractivity contribution in [2.75, 3.05) is 5.32 Å². The molecule has 1 heterocycles. The fraction of sp³-hybridized carbons (Fsp3) is 0.176. The molecule has 0 spiro atoms. The molecule has 2 aromatic carbocycles. The van der Waals surface area contributed by atoms with E-state index in [4.69, 9.17) is 0 Å². The van der Waals surface area contributed by atoms with Crippen LogP contribution in [0.3, 0.4) is 0 Å². The predicted molar refractivity (Wildman–Crippen MR) is 85.8 cm³/mol. The molecule has 1 atom stereocenters. The Kier molecular flexibility index (Phi) is 4.60. The largest absolute Gasteiger partial charge is 0.335 e. The van der Waals surface area contributed by atoms with Crippen molar-refractivity contribution in [2.24, 2.45) is 0 Å². The van der Waals surface area contributed by atoms with Gasteiger partial charge in [0.2, 0.25) is 5.91 Å². The van der Waals surface area contributed by atoms with Gasteiger partial charge in [0.05, 0.1) is 11.6 Å². The summed E-state index contributed by atoms with van der Waals surface area (Å²) in [5.41, 5.74) is 2.15. The first-order chi connectivity index (χ1) is 11.6. The maximum Gasteiger partial charge on any atom is 0.232 e. The summed E-state index contributed by atoms with van der Waals surface area (Å²) < 4.78 is 13.8. The molecule has 122 valence electrons. The van der Waals surface area contributed by atoms with Crippen LogP contribution < -0.4 is 10.4 Å². The minimum atomic E-state index is -0.707. The van der Waals surface area contributed by atoms with Gasteiger partial charge in [-0.05, 0) is 31.0 Å². The van der Waals surface area contributed by atoms with E-state index in [-0.39, 0.29) is 11.5 Å². The third kappa shape index (κ3) is 3.62. The molecule has 0 aliphatic rings. The molecule has 0 fully saturated rings. The van der Waals surface area contributed by atoms with Crippen LogP contribution in [0, 0.1) is 12.7 Å². The van der Waals surface area contributed by atoms with Crippen molar-refractivity contribution in [2.45, 2.75) is 19.3 Å². The number of tetrazole rings is 1. The third-order valence-corrected chi connectivity index (χ3v) is 3.62. The molecule has 24 heavy (non-hydrogen) atoms. The van der Waals surface area contributed by atoms with Crippen LogP contribution in [0.2, 0.25) is 0 Å². The normalized spacial score (nSPS) is 11.9. The van der Waals surface area contributed by atoms with Crippen molar-refractivity contribution in [1.29, 1.82) is 0 Å². The molecule has 0 aliphatic heterocycles. The predicted octanol–water partition coefficient (Wildman–Crippen LogP) is 2.24. The van der Waals surface area contributed by atoms with Crippen LogP contribution in [0.5, 0.6) is 0 Å². The molecule has 6 nitrogen and oxygen atoms in total. The molecule has 0 unspecified atom stereocenters. The fourth-order valence-electron chi connectivity index (χ4n) is 2.45. The van der Waals surface area contributed by atoms with Gasteiger partial charge in [-0.25, -0.2) is 4.39 Å². The average molecular weight is 324 g/mol. The van der Waals surface area contributed by atoms with Gasteiger partial charge < -0.3 is 10.4 Å². The Morgan fingerprint density at radius 1 is 1.25 bits per heavy atom. The summed E-state index contributed by atoms with van der Waals surface area (Å²) in [6, 6.07) is 13.8. The zero-order valence-corrected chi connectivity index (χ0v) is 13.0. The highest BCUT2D eigenvalue weighted by molar-refractivity contribution is 5.95. The van der Waals surface area contributed by atoms with E-state index in [1.807, 2.05) is 31.2 Å². The zero-order chi connectivity index (χ0) is 16.9. The highest BCUT2D eigenvalue weighted by Gasteiger charge is 2.22. The van der Waals surface area contributed by atoms with E-state index >= 15 is 0 Å². The second-order valence-corrected chi connectivity index (χ2v) is 5.45. The van der Waals surface area contributed by atoms with Crippen LogP contribution in [0.4, 0.5) is 10.1 Å². The van der Waals surface area contributed by atoms with Crippen molar-refractivity contribution in [3.63, 3.8) is 0 Å². The second kappa shape index (κ2) is 6.99. The van der Waals surface area contributed by atoms with Gasteiger partial charge in [-0.3, -0.25) is 15.1 Å². The molecule has 1 N–H and O–H groups in total. The molecular formula is C17H15FN5O-. The topological polar surface area (TPSA) is 81.9 Å². The van der Waals surface area contributed by atoms with Crippen LogP contribution in [0.1, 0.15) is 22.9 Å². The summed E-state index contributed by atoms with van der Waals surface area (Å²) in [5, 5.41) is 17.1. The van der Waals surface area contributed by atoms with Crippen LogP contribution in [0.15, 0.2) is 48.5 Å². The number of nitrogens with one attached hydrogen (secondary N) is 1. The van der Waals surface area contributed by atoms with Crippen molar-refractivity contribution < 1.29 is 9.18 Å². The second-order valence-electron chi connectivity index (χ2n) is 5.45. The van der Waals surface area contributed by atoms with E-state index in [1.165, 1.54) is 12.1 Å². The molecule has 7 heteroatoms. The van der Waals surface area contributed by atoms with E-state index in [9.17, 15) is 9.18 Å². The number of hydrogen-bond acceptors (Lipinski definition) is 4. The zero-order valence-electron chi connectivity index (χ0n) is 13.0. The maximum atomic E-state index is 13.8. The van der Waals surface area contributed by atoms with Crippen molar-refractivity contribution in [1.82, 2.24) is 20.6 Å². The first-order valence-corrected chi connectivity index (χ1v) is 7.43. The van der Waals surface area contributed by atoms with E-state index in [2.05, 4.69) is 25.9 Å². The van der Waals surface area contributed by atoms with Gasteiger partial charge in [-0.2, -0.15) is 5.21 Å². The number of aromatic nitrogens is 4. The summed E-state index contributed by atoms with van der Waals surface area (Å²) in [5.74, 6) is -1.40. The molecule has 1 amide bonds. The number of carbonyl (C=O) groups is 1. The Hall–Kier alpha value is -3.09. The lowest BCUT2D eigenvalue weighted by molar-refractivity contribution is -0.117. The standard InChI is InChI=1S/C17H16FN5O/c1-11-5-4-6-12(9-11)10-13(16-20-22-23-21-16)17(24)19-15-8-3-2-7-14(15)18/h2-9,13H,10H2,1H3,(H2,19,20,21,22,23,24)/p-1/t13-/m1/s1. The molecule has 0 aliphatic carbocycles. The molecular weight excluding hydrogens is 309 g/mol. The Morgan fingerprint density at radius 3 is 2.79 bits per heavy atom. The monoisotopic (exact) mass is 324 g/mol. The summed E-state index contributed by atoms with van der Waals surface area (Å²) in [4.78, 5) is 12.6. The smallest absolute Gasteiger partial charge is 0.232 e. The molecule has 0 saturated carbocycles. The van der Waals surface area contributed by atoms with Gasteiger partial charge in [0.1, 0.15) is 5.82 Å². The fourth-order valence-corrected chi connectivity index (χ4v) is 2.45. The minimum Gasteiger partial charge on any atom is -0.335 e. The van der Waals surface area contributed by atoms with Gasteiger partial charge in [0.15, 0.2) is 0 Å². The Labute approximate surface area is 138 Å². The number of para-hydroxylation sites is 1. The SMILES string of the molecule is Cc1cccc(C[C@@H](C(=O)Nc2ccccc2F)c2nnn[n-]2)c1. The van der Waals surface area contributed by atoms with E-state index in [1.54, 1.807) is 12.1 Å². The highest BCUT2D eigenvalue weighted by Crippen LogP contribution is 2.21. The van der Waals surface area contributed by atoms with Crippen LogP contribution in [-0.4, -0.2) is 21.4 Å². The van der Waals surface area contributed by atoms with Gasteiger partial charge in [0, 0.05) is 5.82 Å². The van der Waals surface area contributed by atoms with Crippen molar-refractivity contribution in [3.05, 3.63) is 71.3 Å². The van der Waals surface area contributed by atoms with Crippen molar-refractivity contribution in [3.8, 4) is 0 Å². The molecule has 0 radical (unpaired) electrons.